The van der Waals surface area contributed by atoms with E-state index >= 15 is 0 Å². The van der Waals surface area contributed by atoms with Crippen molar-refractivity contribution in [1.82, 2.24) is 0 Å². The zero-order valence-electron chi connectivity index (χ0n) is 7.66. The van der Waals surface area contributed by atoms with Gasteiger partial charge in [-0.1, -0.05) is 29.8 Å². The van der Waals surface area contributed by atoms with Gasteiger partial charge in [0.15, 0.2) is 0 Å². The van der Waals surface area contributed by atoms with Crippen molar-refractivity contribution in [3.05, 3.63) is 42.0 Å². The molecular weight excluding hydrogens is 200 g/mol. The highest BCUT2D eigenvalue weighted by molar-refractivity contribution is 7.99. The number of halogens is 1. The van der Waals surface area contributed by atoms with Gasteiger partial charge in [-0.25, -0.2) is 0 Å². The molecule has 0 atom stereocenters. The zero-order valence-corrected chi connectivity index (χ0v) is 9.24. The Kier molecular flexibility index (Phi) is 5.02. The van der Waals surface area contributed by atoms with Gasteiger partial charge in [-0.05, 0) is 19.1 Å². The summed E-state index contributed by atoms with van der Waals surface area (Å²) in [7, 11) is 0. The molecule has 0 N–H and O–H groups in total. The van der Waals surface area contributed by atoms with Gasteiger partial charge in [0.05, 0.1) is 0 Å². The molecule has 0 amide bonds. The van der Waals surface area contributed by atoms with Crippen LogP contribution < -0.4 is 0 Å². The maximum Gasteiger partial charge on any atom is 0.0404 e. The van der Waals surface area contributed by atoms with Gasteiger partial charge in [0.2, 0.25) is 0 Å². The molecule has 2 heteroatoms. The fourth-order valence-corrected chi connectivity index (χ4v) is 1.79. The van der Waals surface area contributed by atoms with Crippen LogP contribution in [0.1, 0.15) is 5.56 Å². The summed E-state index contributed by atoms with van der Waals surface area (Å²) in [5, 5.41) is 0. The van der Waals surface area contributed by atoms with E-state index in [0.717, 1.165) is 5.75 Å². The minimum atomic E-state index is 0.606. The van der Waals surface area contributed by atoms with Crippen LogP contribution in [0, 0.1) is 6.92 Å². The second-order valence-electron chi connectivity index (χ2n) is 2.75. The first-order chi connectivity index (χ1) is 6.33. The summed E-state index contributed by atoms with van der Waals surface area (Å²) >= 11 is 7.33. The SMILES string of the molecule is Cc1ccc(SCC=CCCl)cc1. The normalized spacial score (nSPS) is 10.9. The topological polar surface area (TPSA) is 0 Å². The van der Waals surface area contributed by atoms with Crippen molar-refractivity contribution in [1.29, 1.82) is 0 Å². The van der Waals surface area contributed by atoms with Crippen LogP contribution in [0.3, 0.4) is 0 Å². The summed E-state index contributed by atoms with van der Waals surface area (Å²) in [5.41, 5.74) is 1.31. The van der Waals surface area contributed by atoms with Gasteiger partial charge in [-0.2, -0.15) is 0 Å². The molecule has 0 aliphatic heterocycles. The predicted octanol–water partition coefficient (Wildman–Crippen LogP) is 3.88. The van der Waals surface area contributed by atoms with Crippen LogP contribution in [0.4, 0.5) is 0 Å². The molecule has 0 nitrogen and oxygen atoms in total. The van der Waals surface area contributed by atoms with Crippen LogP contribution in [0.15, 0.2) is 41.3 Å². The van der Waals surface area contributed by atoms with Gasteiger partial charge >= 0.3 is 0 Å². The van der Waals surface area contributed by atoms with Gasteiger partial charge in [0.25, 0.3) is 0 Å². The summed E-state index contributed by atoms with van der Waals surface area (Å²) in [6.45, 7) is 2.10. The number of aryl methyl sites for hydroxylation is 1. The molecule has 0 aliphatic rings. The third-order valence-corrected chi connectivity index (χ3v) is 2.77. The Morgan fingerprint density at radius 2 is 1.92 bits per heavy atom. The average Bonchev–Trinajstić information content (AvgIpc) is 2.15. The largest absolute Gasteiger partial charge is 0.122 e. The Balaban J connectivity index is 2.37. The van der Waals surface area contributed by atoms with E-state index in [-0.39, 0.29) is 0 Å². The zero-order chi connectivity index (χ0) is 9.52. The van der Waals surface area contributed by atoms with Gasteiger partial charge in [-0.15, -0.1) is 23.4 Å². The predicted molar refractivity (Wildman–Crippen MR) is 61.8 cm³/mol. The van der Waals surface area contributed by atoms with Crippen LogP contribution in [0.2, 0.25) is 0 Å². The van der Waals surface area contributed by atoms with E-state index in [1.807, 2.05) is 17.8 Å². The van der Waals surface area contributed by atoms with E-state index < -0.39 is 0 Å². The summed E-state index contributed by atoms with van der Waals surface area (Å²) < 4.78 is 0. The van der Waals surface area contributed by atoms with E-state index in [2.05, 4.69) is 37.3 Å². The van der Waals surface area contributed by atoms with Crippen molar-refractivity contribution in [3.63, 3.8) is 0 Å². The van der Waals surface area contributed by atoms with Crippen LogP contribution in [0.5, 0.6) is 0 Å². The minimum absolute atomic E-state index is 0.606. The van der Waals surface area contributed by atoms with Crippen molar-refractivity contribution in [3.8, 4) is 0 Å². The highest BCUT2D eigenvalue weighted by Crippen LogP contribution is 2.17. The molecule has 0 unspecified atom stereocenters. The fraction of sp³-hybridized carbons (Fsp3) is 0.273. The average molecular weight is 213 g/mol. The standard InChI is InChI=1S/C11H13ClS/c1-10-4-6-11(7-5-10)13-9-3-2-8-12/h2-7H,8-9H2,1H3. The molecular formula is C11H13ClS. The Labute approximate surface area is 89.0 Å². The number of benzene rings is 1. The number of hydrogen-bond acceptors (Lipinski definition) is 1. The highest BCUT2D eigenvalue weighted by atomic mass is 35.5. The fourth-order valence-electron chi connectivity index (χ4n) is 0.910. The van der Waals surface area contributed by atoms with Crippen molar-refractivity contribution in [2.24, 2.45) is 0 Å². The van der Waals surface area contributed by atoms with Crippen molar-refractivity contribution < 1.29 is 0 Å². The molecule has 0 bridgehead atoms. The van der Waals surface area contributed by atoms with Crippen molar-refractivity contribution >= 4 is 23.4 Å². The molecule has 70 valence electrons. The number of alkyl halides is 1. The number of allylic oxidation sites excluding steroid dienone is 1. The maximum absolute atomic E-state index is 5.51. The van der Waals surface area contributed by atoms with Gasteiger partial charge < -0.3 is 0 Å². The first-order valence-corrected chi connectivity index (χ1v) is 5.75. The molecule has 0 spiro atoms. The van der Waals surface area contributed by atoms with Gasteiger partial charge in [-0.3, -0.25) is 0 Å². The van der Waals surface area contributed by atoms with Crippen molar-refractivity contribution in [2.45, 2.75) is 11.8 Å². The Bertz CT molecular complexity index is 264. The molecule has 0 fully saturated rings. The molecule has 0 aromatic heterocycles. The molecule has 1 rings (SSSR count). The van der Waals surface area contributed by atoms with E-state index in [1.54, 1.807) is 0 Å². The molecule has 0 aliphatic carbocycles. The van der Waals surface area contributed by atoms with Crippen LogP contribution in [0.25, 0.3) is 0 Å². The second kappa shape index (κ2) is 6.11. The Hall–Kier alpha value is -0.400. The summed E-state index contributed by atoms with van der Waals surface area (Å²) in [4.78, 5) is 1.31. The lowest BCUT2D eigenvalue weighted by Gasteiger charge is -1.98. The summed E-state index contributed by atoms with van der Waals surface area (Å²) in [6, 6.07) is 8.56. The second-order valence-corrected chi connectivity index (χ2v) is 4.15. The highest BCUT2D eigenvalue weighted by Gasteiger charge is 1.90. The smallest absolute Gasteiger partial charge is 0.0404 e. The van der Waals surface area contributed by atoms with E-state index in [1.165, 1.54) is 10.5 Å². The lowest BCUT2D eigenvalue weighted by molar-refractivity contribution is 1.38. The van der Waals surface area contributed by atoms with Crippen LogP contribution >= 0.6 is 23.4 Å². The Morgan fingerprint density at radius 3 is 2.54 bits per heavy atom. The molecule has 0 heterocycles. The quantitative estimate of drug-likeness (QED) is 0.415. The van der Waals surface area contributed by atoms with Gasteiger partial charge in [0.1, 0.15) is 0 Å². The molecule has 0 radical (unpaired) electrons. The number of hydrogen-bond donors (Lipinski definition) is 0. The monoisotopic (exact) mass is 212 g/mol. The molecule has 0 saturated carbocycles. The minimum Gasteiger partial charge on any atom is -0.122 e. The number of rotatable bonds is 4. The lowest BCUT2D eigenvalue weighted by Crippen LogP contribution is -1.75. The van der Waals surface area contributed by atoms with E-state index in [9.17, 15) is 0 Å². The summed E-state index contributed by atoms with van der Waals surface area (Å²) in [5.74, 6) is 1.60. The van der Waals surface area contributed by atoms with Crippen molar-refractivity contribution in [2.75, 3.05) is 11.6 Å². The third-order valence-electron chi connectivity index (χ3n) is 1.62. The lowest BCUT2D eigenvalue weighted by atomic mass is 10.2. The molecule has 1 aromatic carbocycles. The molecule has 0 saturated heterocycles. The molecule has 13 heavy (non-hydrogen) atoms. The van der Waals surface area contributed by atoms with Gasteiger partial charge in [0, 0.05) is 16.5 Å². The number of thioether (sulfide) groups is 1. The van der Waals surface area contributed by atoms with E-state index in [4.69, 9.17) is 11.6 Å². The maximum atomic E-state index is 5.51. The third kappa shape index (κ3) is 4.39. The first-order valence-electron chi connectivity index (χ1n) is 4.23. The van der Waals surface area contributed by atoms with Crippen LogP contribution in [-0.4, -0.2) is 11.6 Å². The Morgan fingerprint density at radius 1 is 1.23 bits per heavy atom. The van der Waals surface area contributed by atoms with E-state index in [0.29, 0.717) is 5.88 Å². The first kappa shape index (κ1) is 10.7. The molecule has 1 aromatic rings. The summed E-state index contributed by atoms with van der Waals surface area (Å²) in [6.07, 6.45) is 4.07. The van der Waals surface area contributed by atoms with Crippen LogP contribution in [-0.2, 0) is 0 Å².